The summed E-state index contributed by atoms with van der Waals surface area (Å²) in [5.41, 5.74) is 4.79. The summed E-state index contributed by atoms with van der Waals surface area (Å²) in [7, 11) is 1.29. The number of nitrogens with zero attached hydrogens (tertiary/aromatic N) is 4. The molecule has 0 radical (unpaired) electrons. The number of fused-ring (bicyclic) bond motifs is 2. The van der Waals surface area contributed by atoms with Gasteiger partial charge in [0.2, 0.25) is 0 Å². The lowest BCUT2D eigenvalue weighted by Gasteiger charge is -2.17. The van der Waals surface area contributed by atoms with Crippen LogP contribution in [0.5, 0.6) is 0 Å². The molecule has 0 unspecified atom stereocenters. The van der Waals surface area contributed by atoms with Crippen LogP contribution < -0.4 is 10.2 Å². The summed E-state index contributed by atoms with van der Waals surface area (Å²) in [6.07, 6.45) is 5.32. The zero-order chi connectivity index (χ0) is 22.2. The van der Waals surface area contributed by atoms with E-state index >= 15 is 0 Å². The summed E-state index contributed by atoms with van der Waals surface area (Å²) in [4.78, 5) is 35.1. The Labute approximate surface area is 188 Å². The fourth-order valence-corrected chi connectivity index (χ4v) is 4.03. The van der Waals surface area contributed by atoms with Gasteiger partial charge in [-0.15, -0.1) is 0 Å². The van der Waals surface area contributed by atoms with Crippen molar-refractivity contribution in [2.45, 2.75) is 6.42 Å². The van der Waals surface area contributed by atoms with E-state index < -0.39 is 6.09 Å². The Morgan fingerprint density at radius 1 is 1.09 bits per heavy atom. The molecule has 4 heterocycles. The number of rotatable bonds is 3. The van der Waals surface area contributed by atoms with Gasteiger partial charge in [-0.1, -0.05) is 11.6 Å². The molecule has 8 nitrogen and oxygen atoms in total. The van der Waals surface area contributed by atoms with Gasteiger partial charge in [0.1, 0.15) is 11.5 Å². The van der Waals surface area contributed by atoms with Crippen LogP contribution in [0.25, 0.3) is 16.9 Å². The van der Waals surface area contributed by atoms with E-state index in [9.17, 15) is 9.59 Å². The van der Waals surface area contributed by atoms with E-state index in [1.165, 1.54) is 7.11 Å². The molecule has 0 spiro atoms. The standard InChI is InChI=1S/C23H18ClN5O3/c1-32-23(31)27-20-6-2-15(11-25-20)19-12-26-21-7-3-16(13-29(19)21)22(30)28-9-8-14-10-17(24)4-5-18(14)28/h2-7,10-13H,8-9H2,1H3,(H,25,27,31). The molecule has 2 amide bonds. The Hall–Kier alpha value is -3.91. The van der Waals surface area contributed by atoms with Crippen molar-refractivity contribution in [3.63, 3.8) is 0 Å². The molecule has 1 N–H and O–H groups in total. The first-order chi connectivity index (χ1) is 15.5. The van der Waals surface area contributed by atoms with Crippen molar-refractivity contribution in [1.29, 1.82) is 0 Å². The Morgan fingerprint density at radius 3 is 2.75 bits per heavy atom. The fourth-order valence-electron chi connectivity index (χ4n) is 3.83. The highest BCUT2D eigenvalue weighted by atomic mass is 35.5. The molecule has 0 bridgehead atoms. The third-order valence-electron chi connectivity index (χ3n) is 5.41. The van der Waals surface area contributed by atoms with E-state index in [-0.39, 0.29) is 5.91 Å². The Morgan fingerprint density at radius 2 is 1.97 bits per heavy atom. The maximum absolute atomic E-state index is 13.3. The van der Waals surface area contributed by atoms with E-state index in [4.69, 9.17) is 11.6 Å². The molecule has 0 atom stereocenters. The average molecular weight is 448 g/mol. The van der Waals surface area contributed by atoms with E-state index in [1.807, 2.05) is 28.7 Å². The molecule has 1 aromatic carbocycles. The molecule has 0 aliphatic carbocycles. The van der Waals surface area contributed by atoms with Gasteiger partial charge in [0.15, 0.2) is 0 Å². The number of aromatic nitrogens is 3. The van der Waals surface area contributed by atoms with Gasteiger partial charge in [0.05, 0.1) is 24.6 Å². The second-order valence-corrected chi connectivity index (χ2v) is 7.75. The molecule has 160 valence electrons. The smallest absolute Gasteiger partial charge is 0.412 e. The van der Waals surface area contributed by atoms with Crippen molar-refractivity contribution in [3.05, 3.63) is 77.2 Å². The minimum absolute atomic E-state index is 0.0802. The number of amides is 2. The lowest BCUT2D eigenvalue weighted by molar-refractivity contribution is 0.0989. The first-order valence-corrected chi connectivity index (χ1v) is 10.3. The van der Waals surface area contributed by atoms with Crippen molar-refractivity contribution >= 4 is 40.8 Å². The van der Waals surface area contributed by atoms with Gasteiger partial charge in [-0.3, -0.25) is 14.5 Å². The van der Waals surface area contributed by atoms with Crippen LogP contribution in [0.1, 0.15) is 15.9 Å². The summed E-state index contributed by atoms with van der Waals surface area (Å²) in [6.45, 7) is 0.613. The quantitative estimate of drug-likeness (QED) is 0.502. The SMILES string of the molecule is COC(=O)Nc1ccc(-c2cnc3ccc(C(=O)N4CCc5cc(Cl)ccc54)cn23)cn1. The maximum atomic E-state index is 13.3. The molecular weight excluding hydrogens is 430 g/mol. The van der Waals surface area contributed by atoms with Crippen LogP contribution in [0.4, 0.5) is 16.3 Å². The van der Waals surface area contributed by atoms with Gasteiger partial charge in [-0.25, -0.2) is 14.8 Å². The maximum Gasteiger partial charge on any atom is 0.412 e. The molecule has 1 aliphatic heterocycles. The number of benzene rings is 1. The lowest BCUT2D eigenvalue weighted by Crippen LogP contribution is -2.29. The number of halogens is 1. The number of carbonyl (C=O) groups is 2. The van der Waals surface area contributed by atoms with Crippen LogP contribution >= 0.6 is 11.6 Å². The Bertz CT molecular complexity index is 1350. The van der Waals surface area contributed by atoms with Crippen molar-refractivity contribution in [2.75, 3.05) is 23.9 Å². The van der Waals surface area contributed by atoms with Crippen LogP contribution in [0, 0.1) is 0 Å². The largest absolute Gasteiger partial charge is 0.453 e. The fraction of sp³-hybridized carbons (Fsp3) is 0.130. The number of imidazole rings is 1. The third-order valence-corrected chi connectivity index (χ3v) is 5.64. The second kappa shape index (κ2) is 7.97. The molecule has 1 aliphatic rings. The van der Waals surface area contributed by atoms with Crippen LogP contribution in [0.15, 0.2) is 61.1 Å². The summed E-state index contributed by atoms with van der Waals surface area (Å²) in [6, 6.07) is 12.7. The molecule has 0 saturated carbocycles. The number of nitrogens with one attached hydrogen (secondary N) is 1. The second-order valence-electron chi connectivity index (χ2n) is 7.32. The molecule has 5 rings (SSSR count). The first kappa shape index (κ1) is 20.0. The van der Waals surface area contributed by atoms with E-state index in [0.29, 0.717) is 28.6 Å². The van der Waals surface area contributed by atoms with Crippen molar-refractivity contribution in [2.24, 2.45) is 0 Å². The zero-order valence-electron chi connectivity index (χ0n) is 17.1. The number of hydrogen-bond acceptors (Lipinski definition) is 5. The summed E-state index contributed by atoms with van der Waals surface area (Å²) < 4.78 is 6.43. The number of methoxy groups -OCH3 is 1. The van der Waals surface area contributed by atoms with Gasteiger partial charge >= 0.3 is 6.09 Å². The van der Waals surface area contributed by atoms with Gasteiger partial charge in [0.25, 0.3) is 5.91 Å². The Kier molecular flexibility index (Phi) is 4.99. The first-order valence-electron chi connectivity index (χ1n) is 9.92. The average Bonchev–Trinajstić information content (AvgIpc) is 3.42. The highest BCUT2D eigenvalue weighted by Gasteiger charge is 2.26. The highest BCUT2D eigenvalue weighted by molar-refractivity contribution is 6.30. The number of ether oxygens (including phenoxy) is 1. The third kappa shape index (κ3) is 3.54. The van der Waals surface area contributed by atoms with Gasteiger partial charge < -0.3 is 9.64 Å². The minimum atomic E-state index is -0.589. The summed E-state index contributed by atoms with van der Waals surface area (Å²) >= 11 is 6.09. The molecule has 3 aromatic heterocycles. The molecule has 4 aromatic rings. The lowest BCUT2D eigenvalue weighted by atomic mass is 10.1. The highest BCUT2D eigenvalue weighted by Crippen LogP contribution is 2.32. The van der Waals surface area contributed by atoms with Crippen LogP contribution in [0.2, 0.25) is 5.02 Å². The number of pyridine rings is 2. The molecular formula is C23H18ClN5O3. The van der Waals surface area contributed by atoms with Crippen molar-refractivity contribution in [3.8, 4) is 11.3 Å². The van der Waals surface area contributed by atoms with Crippen LogP contribution in [0.3, 0.4) is 0 Å². The molecule has 0 saturated heterocycles. The van der Waals surface area contributed by atoms with Crippen LogP contribution in [-0.4, -0.2) is 40.0 Å². The van der Waals surface area contributed by atoms with Gasteiger partial charge in [-0.2, -0.15) is 0 Å². The predicted molar refractivity (Wildman–Crippen MR) is 121 cm³/mol. The number of hydrogen-bond donors (Lipinski definition) is 1. The number of carbonyl (C=O) groups excluding carboxylic acids is 2. The Balaban J connectivity index is 1.46. The minimum Gasteiger partial charge on any atom is -0.453 e. The number of anilines is 2. The predicted octanol–water partition coefficient (Wildman–Crippen LogP) is 4.43. The molecule has 32 heavy (non-hydrogen) atoms. The van der Waals surface area contributed by atoms with E-state index in [1.54, 1.807) is 41.7 Å². The van der Waals surface area contributed by atoms with Gasteiger partial charge in [0, 0.05) is 35.2 Å². The van der Waals surface area contributed by atoms with E-state index in [2.05, 4.69) is 20.0 Å². The summed E-state index contributed by atoms with van der Waals surface area (Å²) in [5, 5.41) is 3.19. The molecule has 0 fully saturated rings. The van der Waals surface area contributed by atoms with Crippen molar-refractivity contribution in [1.82, 2.24) is 14.4 Å². The molecule has 9 heteroatoms. The normalized spacial score (nSPS) is 12.6. The monoisotopic (exact) mass is 447 g/mol. The van der Waals surface area contributed by atoms with Crippen molar-refractivity contribution < 1.29 is 14.3 Å². The zero-order valence-corrected chi connectivity index (χ0v) is 17.8. The topological polar surface area (TPSA) is 88.8 Å². The van der Waals surface area contributed by atoms with E-state index in [0.717, 1.165) is 28.9 Å². The van der Waals surface area contributed by atoms with Gasteiger partial charge in [-0.05, 0) is 54.4 Å². The van der Waals surface area contributed by atoms with Crippen LogP contribution in [-0.2, 0) is 11.2 Å². The summed E-state index contributed by atoms with van der Waals surface area (Å²) in [5.74, 6) is 0.293.